The number of carbonyl (C=O) groups is 2. The van der Waals surface area contributed by atoms with E-state index in [0.29, 0.717) is 17.2 Å². The van der Waals surface area contributed by atoms with Gasteiger partial charge in [-0.05, 0) is 12.1 Å². The van der Waals surface area contributed by atoms with Gasteiger partial charge in [0, 0.05) is 23.9 Å². The van der Waals surface area contributed by atoms with E-state index < -0.39 is 11.9 Å². The van der Waals surface area contributed by atoms with Gasteiger partial charge in [-0.2, -0.15) is 0 Å². The summed E-state index contributed by atoms with van der Waals surface area (Å²) in [6.45, 7) is 0.176. The smallest absolute Gasteiger partial charge is 0.330 e. The Hall–Kier alpha value is -2.50. The zero-order valence-corrected chi connectivity index (χ0v) is 9.64. The molecule has 0 saturated heterocycles. The highest BCUT2D eigenvalue weighted by Crippen LogP contribution is 2.34. The second-order valence-electron chi connectivity index (χ2n) is 3.41. The molecule has 0 atom stereocenters. The first-order chi connectivity index (χ1) is 8.69. The lowest BCUT2D eigenvalue weighted by atomic mass is 10.2. The van der Waals surface area contributed by atoms with Gasteiger partial charge in [-0.25, -0.2) is 4.79 Å². The molecule has 6 nitrogen and oxygen atoms in total. The number of hydrogen-bond donors (Lipinski definition) is 1. The maximum absolute atomic E-state index is 11.5. The maximum atomic E-state index is 11.5. The summed E-state index contributed by atoms with van der Waals surface area (Å²) in [5.41, 5.74) is 0.554. The number of methoxy groups -OCH3 is 1. The summed E-state index contributed by atoms with van der Waals surface area (Å²) < 4.78 is 14.7. The predicted octanol–water partition coefficient (Wildman–Crippen LogP) is 1.08. The lowest BCUT2D eigenvalue weighted by Gasteiger charge is -2.03. The second kappa shape index (κ2) is 5.22. The molecule has 0 saturated carbocycles. The van der Waals surface area contributed by atoms with Crippen molar-refractivity contribution in [3.63, 3.8) is 0 Å². The second-order valence-corrected chi connectivity index (χ2v) is 3.41. The van der Waals surface area contributed by atoms with Crippen LogP contribution >= 0.6 is 0 Å². The topological polar surface area (TPSA) is 73.9 Å². The average Bonchev–Trinajstić information content (AvgIpc) is 2.83. The van der Waals surface area contributed by atoms with E-state index in [9.17, 15) is 9.59 Å². The van der Waals surface area contributed by atoms with E-state index in [1.165, 1.54) is 7.11 Å². The van der Waals surface area contributed by atoms with Crippen molar-refractivity contribution in [2.24, 2.45) is 0 Å². The van der Waals surface area contributed by atoms with Crippen LogP contribution in [0.2, 0.25) is 0 Å². The third-order valence-electron chi connectivity index (χ3n) is 2.21. The van der Waals surface area contributed by atoms with E-state index in [4.69, 9.17) is 9.47 Å². The summed E-state index contributed by atoms with van der Waals surface area (Å²) >= 11 is 0. The van der Waals surface area contributed by atoms with Crippen molar-refractivity contribution in [3.8, 4) is 11.5 Å². The van der Waals surface area contributed by atoms with Crippen LogP contribution in [0.3, 0.4) is 0 Å². The number of ether oxygens (including phenoxy) is 3. The van der Waals surface area contributed by atoms with Crippen molar-refractivity contribution in [1.29, 1.82) is 0 Å². The van der Waals surface area contributed by atoms with Crippen LogP contribution in [0.1, 0.15) is 0 Å². The minimum atomic E-state index is -0.587. The molecule has 1 aliphatic rings. The van der Waals surface area contributed by atoms with Crippen LogP contribution in [0.5, 0.6) is 11.5 Å². The van der Waals surface area contributed by atoms with Crippen molar-refractivity contribution < 1.29 is 23.8 Å². The van der Waals surface area contributed by atoms with E-state index in [1.54, 1.807) is 18.2 Å². The third kappa shape index (κ3) is 2.79. The Bertz CT molecular complexity index is 509. The van der Waals surface area contributed by atoms with Crippen molar-refractivity contribution in [3.05, 3.63) is 30.4 Å². The van der Waals surface area contributed by atoms with E-state index in [2.05, 4.69) is 10.1 Å². The van der Waals surface area contributed by atoms with Gasteiger partial charge in [-0.1, -0.05) is 0 Å². The minimum Gasteiger partial charge on any atom is -0.466 e. The number of nitrogens with one attached hydrogen (secondary N) is 1. The molecule has 1 N–H and O–H groups in total. The van der Waals surface area contributed by atoms with Gasteiger partial charge in [-0.3, -0.25) is 4.79 Å². The van der Waals surface area contributed by atoms with Crippen LogP contribution in [-0.2, 0) is 14.3 Å². The Kier molecular flexibility index (Phi) is 3.47. The maximum Gasteiger partial charge on any atom is 0.330 e. The molecule has 1 aliphatic heterocycles. The van der Waals surface area contributed by atoms with Gasteiger partial charge in [0.25, 0.3) is 0 Å². The van der Waals surface area contributed by atoms with E-state index in [0.717, 1.165) is 12.2 Å². The molecule has 0 aromatic heterocycles. The number of anilines is 1. The molecule has 94 valence electrons. The van der Waals surface area contributed by atoms with E-state index in [-0.39, 0.29) is 6.79 Å². The van der Waals surface area contributed by atoms with Gasteiger partial charge < -0.3 is 19.5 Å². The normalized spacial score (nSPS) is 12.5. The highest BCUT2D eigenvalue weighted by Gasteiger charge is 2.13. The van der Waals surface area contributed by atoms with Gasteiger partial charge in [0.15, 0.2) is 11.5 Å². The first kappa shape index (κ1) is 12.0. The SMILES string of the molecule is COC(=O)/C=C/C(=O)Nc1ccc2c(c1)OCO2. The molecule has 2 rings (SSSR count). The number of hydrogen-bond acceptors (Lipinski definition) is 5. The fourth-order valence-electron chi connectivity index (χ4n) is 1.37. The van der Waals surface area contributed by atoms with Crippen LogP contribution in [0.4, 0.5) is 5.69 Å². The third-order valence-corrected chi connectivity index (χ3v) is 2.21. The number of carbonyl (C=O) groups excluding carboxylic acids is 2. The number of fused-ring (bicyclic) bond motifs is 1. The van der Waals surface area contributed by atoms with Crippen LogP contribution < -0.4 is 14.8 Å². The molecule has 18 heavy (non-hydrogen) atoms. The summed E-state index contributed by atoms with van der Waals surface area (Å²) in [4.78, 5) is 22.3. The summed E-state index contributed by atoms with van der Waals surface area (Å²) in [5.74, 6) is 0.193. The Balaban J connectivity index is 1.99. The fraction of sp³-hybridized carbons (Fsp3) is 0.167. The van der Waals surface area contributed by atoms with Crippen LogP contribution in [0, 0.1) is 0 Å². The average molecular weight is 249 g/mol. The first-order valence-corrected chi connectivity index (χ1v) is 5.15. The molecule has 0 unspecified atom stereocenters. The quantitative estimate of drug-likeness (QED) is 0.641. The van der Waals surface area contributed by atoms with Crippen molar-refractivity contribution in [1.82, 2.24) is 0 Å². The molecule has 0 fully saturated rings. The van der Waals surface area contributed by atoms with Crippen LogP contribution in [0.15, 0.2) is 30.4 Å². The van der Waals surface area contributed by atoms with Crippen LogP contribution in [-0.4, -0.2) is 25.8 Å². The van der Waals surface area contributed by atoms with Gasteiger partial charge >= 0.3 is 5.97 Å². The van der Waals surface area contributed by atoms with Gasteiger partial charge in [0.05, 0.1) is 7.11 Å². The van der Waals surface area contributed by atoms with E-state index >= 15 is 0 Å². The zero-order valence-electron chi connectivity index (χ0n) is 9.64. The monoisotopic (exact) mass is 249 g/mol. The van der Waals surface area contributed by atoms with Gasteiger partial charge in [0.2, 0.25) is 12.7 Å². The number of benzene rings is 1. The molecule has 1 heterocycles. The minimum absolute atomic E-state index is 0.176. The van der Waals surface area contributed by atoms with Gasteiger partial charge in [-0.15, -0.1) is 0 Å². The molecule has 1 aromatic rings. The van der Waals surface area contributed by atoms with Crippen molar-refractivity contribution in [2.75, 3.05) is 19.2 Å². The molecular weight excluding hydrogens is 238 g/mol. The Morgan fingerprint density at radius 3 is 2.83 bits per heavy atom. The highest BCUT2D eigenvalue weighted by molar-refractivity contribution is 6.02. The number of amides is 1. The molecule has 0 aliphatic carbocycles. The molecule has 1 aromatic carbocycles. The lowest BCUT2D eigenvalue weighted by molar-refractivity contribution is -0.135. The number of rotatable bonds is 3. The highest BCUT2D eigenvalue weighted by atomic mass is 16.7. The fourth-order valence-corrected chi connectivity index (χ4v) is 1.37. The van der Waals surface area contributed by atoms with Crippen molar-refractivity contribution in [2.45, 2.75) is 0 Å². The van der Waals surface area contributed by atoms with E-state index in [1.807, 2.05) is 0 Å². The van der Waals surface area contributed by atoms with Crippen molar-refractivity contribution >= 4 is 17.6 Å². The zero-order chi connectivity index (χ0) is 13.0. The summed E-state index contributed by atoms with van der Waals surface area (Å²) in [7, 11) is 1.24. The number of esters is 1. The molecule has 0 bridgehead atoms. The summed E-state index contributed by atoms with van der Waals surface area (Å²) in [6, 6.07) is 5.02. The Labute approximate surface area is 103 Å². The molecular formula is C12H11NO5. The molecule has 6 heteroatoms. The Morgan fingerprint density at radius 2 is 2.06 bits per heavy atom. The van der Waals surface area contributed by atoms with Crippen LogP contribution in [0.25, 0.3) is 0 Å². The molecule has 0 radical (unpaired) electrons. The van der Waals surface area contributed by atoms with Gasteiger partial charge in [0.1, 0.15) is 0 Å². The molecule has 0 spiro atoms. The summed E-state index contributed by atoms with van der Waals surface area (Å²) in [6.07, 6.45) is 2.14. The first-order valence-electron chi connectivity index (χ1n) is 5.15. The summed E-state index contributed by atoms with van der Waals surface area (Å²) in [5, 5.41) is 2.58. The lowest BCUT2D eigenvalue weighted by Crippen LogP contribution is -2.08. The standard InChI is InChI=1S/C12H11NO5/c1-16-12(15)5-4-11(14)13-8-2-3-9-10(6-8)18-7-17-9/h2-6H,7H2,1H3,(H,13,14)/b5-4+. The largest absolute Gasteiger partial charge is 0.466 e. The predicted molar refractivity (Wildman–Crippen MR) is 62.4 cm³/mol. The molecule has 1 amide bonds. The Morgan fingerprint density at radius 1 is 1.28 bits per heavy atom.